The van der Waals surface area contributed by atoms with Crippen LogP contribution in [0.25, 0.3) is 10.4 Å². The van der Waals surface area contributed by atoms with Crippen LogP contribution in [0.15, 0.2) is 5.11 Å². The standard InChI is InChI=1S/C10H12N4O3/c1-10(2,3)17-9(15)14(4)6-8-16-7-5-12-13-11/h1-4H,5-8H2. The molecular formula is C10H12N4O3. The third-order valence-electron chi connectivity index (χ3n) is 1.37. The first kappa shape index (κ1) is 15.5. The Kier molecular flexibility index (Phi) is 7.09. The highest BCUT2D eigenvalue weighted by atomic mass is 16.6. The molecule has 0 heterocycles. The van der Waals surface area contributed by atoms with Gasteiger partial charge in [-0.25, -0.2) is 4.79 Å². The number of carbonyl (C=O) groups excluding carboxylic acids is 1. The number of azide groups is 1. The molecular weight excluding hydrogens is 224 g/mol. The van der Waals surface area contributed by atoms with E-state index in [4.69, 9.17) is 38.1 Å². The van der Waals surface area contributed by atoms with Crippen LogP contribution in [-0.4, -0.2) is 42.9 Å². The summed E-state index contributed by atoms with van der Waals surface area (Å²) < 4.78 is 9.37. The maximum Gasteiger partial charge on any atom is 0.410 e. The van der Waals surface area contributed by atoms with Crippen LogP contribution in [0.3, 0.4) is 0 Å². The molecule has 0 atom stereocenters. The van der Waals surface area contributed by atoms with Crippen LogP contribution in [-0.2, 0) is 9.47 Å². The molecule has 1 amide bonds. The van der Waals surface area contributed by atoms with E-state index in [-0.39, 0.29) is 26.3 Å². The van der Waals surface area contributed by atoms with Gasteiger partial charge in [-0.15, -0.1) is 0 Å². The molecule has 0 aliphatic carbocycles. The van der Waals surface area contributed by atoms with Crippen molar-refractivity contribution >= 4 is 6.09 Å². The quantitative estimate of drug-likeness (QED) is 0.219. The second kappa shape index (κ2) is 7.76. The van der Waals surface area contributed by atoms with E-state index in [0.717, 1.165) is 0 Å². The number of hydrogen-bond acceptors (Lipinski definition) is 4. The van der Waals surface area contributed by atoms with Crippen molar-refractivity contribution < 1.29 is 14.3 Å². The van der Waals surface area contributed by atoms with Gasteiger partial charge in [0, 0.05) is 38.8 Å². The van der Waals surface area contributed by atoms with E-state index in [1.165, 1.54) is 0 Å². The van der Waals surface area contributed by atoms with E-state index in [2.05, 4.69) is 14.8 Å². The molecule has 7 heteroatoms. The molecule has 0 aliphatic rings. The summed E-state index contributed by atoms with van der Waals surface area (Å²) in [7, 11) is 5.30. The van der Waals surface area contributed by atoms with Gasteiger partial charge in [0.05, 0.1) is 20.3 Å². The van der Waals surface area contributed by atoms with E-state index in [0.29, 0.717) is 4.90 Å². The highest BCUT2D eigenvalue weighted by Gasteiger charge is 2.20. The Hall–Kier alpha value is -1.46. The predicted molar refractivity (Wildman–Crippen MR) is 58.0 cm³/mol. The topological polar surface area (TPSA) is 87.5 Å². The fourth-order valence-corrected chi connectivity index (χ4v) is 0.716. The molecule has 0 saturated carbocycles. The largest absolute Gasteiger partial charge is 0.442 e. The lowest BCUT2D eigenvalue weighted by Gasteiger charge is -2.23. The number of rotatable bonds is 7. The van der Waals surface area contributed by atoms with Crippen molar-refractivity contribution in [2.75, 3.05) is 26.3 Å². The first-order valence-electron chi connectivity index (χ1n) is 4.57. The van der Waals surface area contributed by atoms with Gasteiger partial charge in [0.15, 0.2) is 0 Å². The Morgan fingerprint density at radius 1 is 1.41 bits per heavy atom. The van der Waals surface area contributed by atoms with Crippen molar-refractivity contribution in [2.45, 2.75) is 5.60 Å². The molecule has 0 spiro atoms. The zero-order valence-corrected chi connectivity index (χ0v) is 9.15. The molecule has 0 aromatic rings. The van der Waals surface area contributed by atoms with Crippen LogP contribution in [0.1, 0.15) is 0 Å². The molecule has 8 radical (unpaired) electrons. The van der Waals surface area contributed by atoms with Gasteiger partial charge in [-0.05, 0) is 5.53 Å². The molecule has 90 valence electrons. The maximum absolute atomic E-state index is 11.1. The van der Waals surface area contributed by atoms with Crippen molar-refractivity contribution in [3.8, 4) is 0 Å². The zero-order chi connectivity index (χ0) is 13.3. The lowest BCUT2D eigenvalue weighted by Crippen LogP contribution is -2.35. The maximum atomic E-state index is 11.1. The van der Waals surface area contributed by atoms with Gasteiger partial charge in [0.1, 0.15) is 5.60 Å². The summed E-state index contributed by atoms with van der Waals surface area (Å²) >= 11 is 0. The SMILES string of the molecule is [CH]N(CCOCCN=[N+]=[N-])C(=O)OC([CH])([CH])[CH]. The Bertz CT molecular complexity index is 282. The minimum absolute atomic E-state index is 0.0468. The van der Waals surface area contributed by atoms with Crippen LogP contribution in [0, 0.1) is 27.8 Å². The highest BCUT2D eigenvalue weighted by molar-refractivity contribution is 5.68. The fraction of sp³-hybridized carbons (Fsp3) is 0.500. The molecule has 0 rings (SSSR count). The van der Waals surface area contributed by atoms with Crippen molar-refractivity contribution in [1.29, 1.82) is 0 Å². The lowest BCUT2D eigenvalue weighted by molar-refractivity contribution is 0.0628. The molecule has 7 nitrogen and oxygen atoms in total. The van der Waals surface area contributed by atoms with E-state index in [1.54, 1.807) is 0 Å². The first-order valence-corrected chi connectivity index (χ1v) is 4.57. The van der Waals surface area contributed by atoms with E-state index in [9.17, 15) is 4.79 Å². The van der Waals surface area contributed by atoms with Crippen molar-refractivity contribution in [2.24, 2.45) is 5.11 Å². The van der Waals surface area contributed by atoms with Gasteiger partial charge in [-0.1, -0.05) is 5.11 Å². The number of hydrogen-bond donors (Lipinski definition) is 0. The fourth-order valence-electron chi connectivity index (χ4n) is 0.716. The Balaban J connectivity index is 3.68. The average Bonchev–Trinajstić information content (AvgIpc) is 2.20. The van der Waals surface area contributed by atoms with Gasteiger partial charge in [0.2, 0.25) is 0 Å². The normalized spacial score (nSPS) is 10.6. The van der Waals surface area contributed by atoms with Gasteiger partial charge in [-0.3, -0.25) is 4.90 Å². The Morgan fingerprint density at radius 2 is 2.06 bits per heavy atom. The summed E-state index contributed by atoms with van der Waals surface area (Å²) in [6, 6.07) is 0. The number of amides is 1. The van der Waals surface area contributed by atoms with Crippen LogP contribution in [0.4, 0.5) is 4.79 Å². The summed E-state index contributed by atoms with van der Waals surface area (Å²) in [5, 5.41) is 3.24. The monoisotopic (exact) mass is 236 g/mol. The van der Waals surface area contributed by atoms with Crippen LogP contribution in [0.2, 0.25) is 0 Å². The van der Waals surface area contributed by atoms with Gasteiger partial charge in [-0.2, -0.15) is 0 Å². The molecule has 0 fully saturated rings. The number of carbonyl (C=O) groups is 1. The molecule has 17 heavy (non-hydrogen) atoms. The predicted octanol–water partition coefficient (Wildman–Crippen LogP) is 1.29. The zero-order valence-electron chi connectivity index (χ0n) is 9.15. The summed E-state index contributed by atoms with van der Waals surface area (Å²) in [5.74, 6) is 0. The Morgan fingerprint density at radius 3 is 2.59 bits per heavy atom. The van der Waals surface area contributed by atoms with Crippen LogP contribution >= 0.6 is 0 Å². The van der Waals surface area contributed by atoms with E-state index < -0.39 is 11.7 Å². The summed E-state index contributed by atoms with van der Waals surface area (Å²) in [6.45, 7) is 15.7. The second-order valence-corrected chi connectivity index (χ2v) is 2.98. The molecule has 0 saturated heterocycles. The molecule has 0 aromatic carbocycles. The third kappa shape index (κ3) is 9.47. The third-order valence-corrected chi connectivity index (χ3v) is 1.37. The van der Waals surface area contributed by atoms with Gasteiger partial charge in [0.25, 0.3) is 0 Å². The van der Waals surface area contributed by atoms with Crippen molar-refractivity contribution in [3.63, 3.8) is 0 Å². The molecule has 0 N–H and O–H groups in total. The van der Waals surface area contributed by atoms with Gasteiger partial charge < -0.3 is 9.47 Å². The molecule has 0 unspecified atom stereocenters. The van der Waals surface area contributed by atoms with Crippen molar-refractivity contribution in [3.05, 3.63) is 38.3 Å². The first-order chi connectivity index (χ1) is 7.87. The van der Waals surface area contributed by atoms with Crippen LogP contribution in [0.5, 0.6) is 0 Å². The van der Waals surface area contributed by atoms with Gasteiger partial charge >= 0.3 is 6.09 Å². The smallest absolute Gasteiger partial charge is 0.410 e. The van der Waals surface area contributed by atoms with E-state index in [1.807, 2.05) is 0 Å². The van der Waals surface area contributed by atoms with Crippen LogP contribution < -0.4 is 0 Å². The highest BCUT2D eigenvalue weighted by Crippen LogP contribution is 2.07. The Labute approximate surface area is 101 Å². The summed E-state index contributed by atoms with van der Waals surface area (Å²) in [5.41, 5.74) is 5.90. The average molecular weight is 236 g/mol. The van der Waals surface area contributed by atoms with Crippen molar-refractivity contribution in [1.82, 2.24) is 4.90 Å². The molecule has 0 bridgehead atoms. The van der Waals surface area contributed by atoms with E-state index >= 15 is 0 Å². The summed E-state index contributed by atoms with van der Waals surface area (Å²) in [4.78, 5) is 14.4. The minimum atomic E-state index is -2.07. The lowest BCUT2D eigenvalue weighted by atomic mass is 10.2. The molecule has 0 aliphatic heterocycles. The second-order valence-electron chi connectivity index (χ2n) is 2.98. The molecule has 0 aromatic heterocycles. The summed E-state index contributed by atoms with van der Waals surface area (Å²) in [6.07, 6.45) is -0.976. The number of nitrogens with zero attached hydrogens (tertiary/aromatic N) is 4. The number of ether oxygens (including phenoxy) is 2. The minimum Gasteiger partial charge on any atom is -0.442 e.